The van der Waals surface area contributed by atoms with Crippen molar-refractivity contribution >= 4 is 0 Å². The first-order valence-electron chi connectivity index (χ1n) is 7.22. The normalized spacial score (nSPS) is 31.9. The molecule has 1 aromatic rings. The van der Waals surface area contributed by atoms with Gasteiger partial charge in [0.15, 0.2) is 0 Å². The number of aliphatic hydroxyl groups excluding tert-OH is 1. The van der Waals surface area contributed by atoms with Gasteiger partial charge < -0.3 is 10.4 Å². The molecule has 1 fully saturated rings. The van der Waals surface area contributed by atoms with Gasteiger partial charge in [-0.15, -0.1) is 0 Å². The molecule has 0 radical (unpaired) electrons. The van der Waals surface area contributed by atoms with E-state index in [-0.39, 0.29) is 12.1 Å². The summed E-state index contributed by atoms with van der Waals surface area (Å²) in [7, 11) is 0. The fraction of sp³-hybridized carbons (Fsp3) is 0.667. The Balaban J connectivity index is 1.70. The summed E-state index contributed by atoms with van der Waals surface area (Å²) in [5, 5.41) is 13.8. The van der Waals surface area contributed by atoms with E-state index in [4.69, 9.17) is 0 Å². The van der Waals surface area contributed by atoms with E-state index in [0.717, 1.165) is 25.7 Å². The second-order valence-electron chi connectivity index (χ2n) is 5.62. The zero-order valence-corrected chi connectivity index (χ0v) is 10.8. The van der Waals surface area contributed by atoms with E-state index in [1.54, 1.807) is 0 Å². The SMILES string of the molecule is OC1CCCCCC1NC1CCc2cccnc21. The minimum absolute atomic E-state index is 0.180. The van der Waals surface area contributed by atoms with Crippen LogP contribution in [-0.4, -0.2) is 22.2 Å². The standard InChI is InChI=1S/C15H22N2O/c18-14-7-3-1-2-6-12(14)17-13-9-8-11-5-4-10-16-15(11)13/h4-5,10,12-14,17-18H,1-3,6-9H2. The zero-order valence-electron chi connectivity index (χ0n) is 10.8. The number of aromatic nitrogens is 1. The molecule has 3 nitrogen and oxygen atoms in total. The summed E-state index contributed by atoms with van der Waals surface area (Å²) in [5.41, 5.74) is 2.58. The van der Waals surface area contributed by atoms with E-state index in [9.17, 15) is 5.11 Å². The highest BCUT2D eigenvalue weighted by Crippen LogP contribution is 2.30. The minimum atomic E-state index is -0.180. The van der Waals surface area contributed by atoms with E-state index in [0.29, 0.717) is 6.04 Å². The van der Waals surface area contributed by atoms with Crippen molar-refractivity contribution in [2.45, 2.75) is 63.1 Å². The second-order valence-corrected chi connectivity index (χ2v) is 5.62. The van der Waals surface area contributed by atoms with Crippen molar-refractivity contribution in [3.8, 4) is 0 Å². The molecule has 0 saturated heterocycles. The van der Waals surface area contributed by atoms with Gasteiger partial charge in [-0.05, 0) is 37.3 Å². The first-order chi connectivity index (χ1) is 8.84. The van der Waals surface area contributed by atoms with Gasteiger partial charge in [-0.2, -0.15) is 0 Å². The molecule has 0 bridgehead atoms. The van der Waals surface area contributed by atoms with Crippen molar-refractivity contribution in [3.63, 3.8) is 0 Å². The smallest absolute Gasteiger partial charge is 0.0693 e. The molecular weight excluding hydrogens is 224 g/mol. The summed E-state index contributed by atoms with van der Waals surface area (Å²) in [5.74, 6) is 0. The van der Waals surface area contributed by atoms with Crippen LogP contribution in [0.1, 0.15) is 55.8 Å². The van der Waals surface area contributed by atoms with Crippen LogP contribution < -0.4 is 5.32 Å². The van der Waals surface area contributed by atoms with Crippen molar-refractivity contribution in [1.82, 2.24) is 10.3 Å². The summed E-state index contributed by atoms with van der Waals surface area (Å²) in [4.78, 5) is 4.51. The zero-order chi connectivity index (χ0) is 12.4. The Kier molecular flexibility index (Phi) is 3.62. The number of aliphatic hydroxyl groups is 1. The fourth-order valence-electron chi connectivity index (χ4n) is 3.32. The quantitative estimate of drug-likeness (QED) is 0.787. The highest BCUT2D eigenvalue weighted by Gasteiger charge is 2.29. The predicted octanol–water partition coefficient (Wildman–Crippen LogP) is 2.35. The molecule has 1 saturated carbocycles. The van der Waals surface area contributed by atoms with Crippen molar-refractivity contribution in [1.29, 1.82) is 0 Å². The van der Waals surface area contributed by atoms with Crippen LogP contribution in [0.2, 0.25) is 0 Å². The lowest BCUT2D eigenvalue weighted by Gasteiger charge is -2.25. The fourth-order valence-corrected chi connectivity index (χ4v) is 3.32. The molecule has 2 aliphatic carbocycles. The highest BCUT2D eigenvalue weighted by molar-refractivity contribution is 5.28. The third-order valence-electron chi connectivity index (χ3n) is 4.35. The molecule has 3 rings (SSSR count). The van der Waals surface area contributed by atoms with Crippen LogP contribution in [0.15, 0.2) is 18.3 Å². The monoisotopic (exact) mass is 246 g/mol. The molecule has 0 aliphatic heterocycles. The average Bonchev–Trinajstić information content (AvgIpc) is 2.69. The Morgan fingerprint density at radius 3 is 3.00 bits per heavy atom. The average molecular weight is 246 g/mol. The van der Waals surface area contributed by atoms with Crippen LogP contribution in [0.5, 0.6) is 0 Å². The van der Waals surface area contributed by atoms with Gasteiger partial charge in [-0.3, -0.25) is 4.98 Å². The third kappa shape index (κ3) is 2.43. The number of aryl methyl sites for hydroxylation is 1. The Labute approximate surface area is 109 Å². The summed E-state index contributed by atoms with van der Waals surface area (Å²) in [6.45, 7) is 0. The summed E-state index contributed by atoms with van der Waals surface area (Å²) in [6, 6.07) is 4.79. The number of fused-ring (bicyclic) bond motifs is 1. The Morgan fingerprint density at radius 1 is 1.17 bits per heavy atom. The van der Waals surface area contributed by atoms with Gasteiger partial charge in [0, 0.05) is 12.2 Å². The lowest BCUT2D eigenvalue weighted by atomic mass is 10.0. The first-order valence-corrected chi connectivity index (χ1v) is 7.22. The van der Waals surface area contributed by atoms with E-state index < -0.39 is 0 Å². The van der Waals surface area contributed by atoms with E-state index in [1.807, 2.05) is 12.3 Å². The number of hydrogen-bond donors (Lipinski definition) is 2. The van der Waals surface area contributed by atoms with Gasteiger partial charge in [0.25, 0.3) is 0 Å². The Morgan fingerprint density at radius 2 is 2.06 bits per heavy atom. The third-order valence-corrected chi connectivity index (χ3v) is 4.35. The first kappa shape index (κ1) is 12.1. The van der Waals surface area contributed by atoms with Crippen LogP contribution in [0.4, 0.5) is 0 Å². The van der Waals surface area contributed by atoms with Crippen LogP contribution in [0, 0.1) is 0 Å². The molecule has 1 heterocycles. The molecule has 3 heteroatoms. The van der Waals surface area contributed by atoms with Crippen LogP contribution in [0.3, 0.4) is 0 Å². The van der Waals surface area contributed by atoms with Gasteiger partial charge in [-0.25, -0.2) is 0 Å². The van der Waals surface area contributed by atoms with E-state index >= 15 is 0 Å². The number of nitrogens with zero attached hydrogens (tertiary/aromatic N) is 1. The maximum absolute atomic E-state index is 10.2. The number of rotatable bonds is 2. The molecule has 1 aromatic heterocycles. The molecular formula is C15H22N2O. The van der Waals surface area contributed by atoms with Gasteiger partial charge in [-0.1, -0.05) is 25.3 Å². The molecule has 3 unspecified atom stereocenters. The molecule has 18 heavy (non-hydrogen) atoms. The molecule has 2 aliphatic rings. The lowest BCUT2D eigenvalue weighted by Crippen LogP contribution is -2.40. The largest absolute Gasteiger partial charge is 0.392 e. The lowest BCUT2D eigenvalue weighted by molar-refractivity contribution is 0.113. The molecule has 2 N–H and O–H groups in total. The van der Waals surface area contributed by atoms with Crippen LogP contribution in [-0.2, 0) is 6.42 Å². The van der Waals surface area contributed by atoms with Gasteiger partial charge in [0.2, 0.25) is 0 Å². The Bertz CT molecular complexity index is 407. The summed E-state index contributed by atoms with van der Waals surface area (Å²) >= 11 is 0. The van der Waals surface area contributed by atoms with E-state index in [2.05, 4.69) is 16.4 Å². The summed E-state index contributed by atoms with van der Waals surface area (Å²) < 4.78 is 0. The predicted molar refractivity (Wildman–Crippen MR) is 71.3 cm³/mol. The topological polar surface area (TPSA) is 45.1 Å². The second kappa shape index (κ2) is 5.37. The maximum Gasteiger partial charge on any atom is 0.0693 e. The molecule has 98 valence electrons. The molecule has 3 atom stereocenters. The van der Waals surface area contributed by atoms with Crippen molar-refractivity contribution in [2.24, 2.45) is 0 Å². The van der Waals surface area contributed by atoms with Crippen molar-refractivity contribution in [2.75, 3.05) is 0 Å². The van der Waals surface area contributed by atoms with Crippen LogP contribution >= 0.6 is 0 Å². The molecule has 0 spiro atoms. The highest BCUT2D eigenvalue weighted by atomic mass is 16.3. The number of pyridine rings is 1. The van der Waals surface area contributed by atoms with E-state index in [1.165, 1.54) is 30.5 Å². The molecule has 0 amide bonds. The Hall–Kier alpha value is -0.930. The number of nitrogens with one attached hydrogen (secondary N) is 1. The van der Waals surface area contributed by atoms with Crippen LogP contribution in [0.25, 0.3) is 0 Å². The molecule has 0 aromatic carbocycles. The minimum Gasteiger partial charge on any atom is -0.392 e. The van der Waals surface area contributed by atoms with Crippen molar-refractivity contribution < 1.29 is 5.11 Å². The van der Waals surface area contributed by atoms with Crippen molar-refractivity contribution in [3.05, 3.63) is 29.6 Å². The van der Waals surface area contributed by atoms with Gasteiger partial charge in [0.1, 0.15) is 0 Å². The van der Waals surface area contributed by atoms with Gasteiger partial charge >= 0.3 is 0 Å². The van der Waals surface area contributed by atoms with Gasteiger partial charge in [0.05, 0.1) is 17.8 Å². The summed E-state index contributed by atoms with van der Waals surface area (Å²) in [6.07, 6.45) is 9.63. The number of hydrogen-bond acceptors (Lipinski definition) is 3. The maximum atomic E-state index is 10.2.